The van der Waals surface area contributed by atoms with Gasteiger partial charge in [-0.1, -0.05) is 12.0 Å². The third-order valence-electron chi connectivity index (χ3n) is 2.09. The summed E-state index contributed by atoms with van der Waals surface area (Å²) < 4.78 is 1.91. The van der Waals surface area contributed by atoms with Gasteiger partial charge in [0.2, 0.25) is 0 Å². The molecule has 6 nitrogen and oxygen atoms in total. The Morgan fingerprint density at radius 1 is 1.69 bits per heavy atom. The number of carbonyl (C=O) groups excluding carboxylic acids is 1. The van der Waals surface area contributed by atoms with Gasteiger partial charge >= 0.3 is 0 Å². The van der Waals surface area contributed by atoms with E-state index >= 15 is 0 Å². The van der Waals surface area contributed by atoms with Crippen LogP contribution in [0.4, 0.5) is 0 Å². The van der Waals surface area contributed by atoms with Crippen LogP contribution in [0.5, 0.6) is 0 Å². The minimum Gasteiger partial charge on any atom is -0.351 e. The van der Waals surface area contributed by atoms with Gasteiger partial charge in [-0.3, -0.25) is 4.79 Å². The standard InChI is InChI=1S/C10H15N5O/c1-2-7-15-8-3-4-9(15)10(16)12-5-6-13-14-11/h3-4,8H,2,5-7H2,1H3,(H,12,16). The maximum atomic E-state index is 11.7. The van der Waals surface area contributed by atoms with Gasteiger partial charge < -0.3 is 9.88 Å². The molecule has 1 N–H and O–H groups in total. The molecule has 16 heavy (non-hydrogen) atoms. The number of rotatable bonds is 6. The molecule has 0 fully saturated rings. The maximum Gasteiger partial charge on any atom is 0.267 e. The number of amides is 1. The monoisotopic (exact) mass is 221 g/mol. The van der Waals surface area contributed by atoms with Crippen LogP contribution >= 0.6 is 0 Å². The zero-order valence-corrected chi connectivity index (χ0v) is 9.26. The van der Waals surface area contributed by atoms with E-state index in [1.54, 1.807) is 6.07 Å². The molecule has 0 saturated heterocycles. The molecule has 0 aliphatic rings. The lowest BCUT2D eigenvalue weighted by Crippen LogP contribution is -2.28. The second-order valence-corrected chi connectivity index (χ2v) is 3.30. The van der Waals surface area contributed by atoms with Gasteiger partial charge in [-0.05, 0) is 24.1 Å². The highest BCUT2D eigenvalue weighted by Gasteiger charge is 2.08. The fourth-order valence-corrected chi connectivity index (χ4v) is 1.41. The molecule has 0 atom stereocenters. The van der Waals surface area contributed by atoms with Gasteiger partial charge in [0.15, 0.2) is 0 Å². The molecule has 1 aromatic heterocycles. The van der Waals surface area contributed by atoms with Crippen LogP contribution in [0.1, 0.15) is 23.8 Å². The van der Waals surface area contributed by atoms with E-state index < -0.39 is 0 Å². The summed E-state index contributed by atoms with van der Waals surface area (Å²) in [5.74, 6) is -0.133. The molecule has 0 aliphatic heterocycles. The van der Waals surface area contributed by atoms with Gasteiger partial charge in [-0.2, -0.15) is 0 Å². The van der Waals surface area contributed by atoms with Crippen LogP contribution in [-0.2, 0) is 6.54 Å². The van der Waals surface area contributed by atoms with E-state index in [0.29, 0.717) is 12.2 Å². The Balaban J connectivity index is 2.51. The molecule has 0 radical (unpaired) electrons. The van der Waals surface area contributed by atoms with Crippen molar-refractivity contribution >= 4 is 5.91 Å². The fourth-order valence-electron chi connectivity index (χ4n) is 1.41. The molecule has 1 heterocycles. The third kappa shape index (κ3) is 3.33. The van der Waals surface area contributed by atoms with Crippen LogP contribution in [0.25, 0.3) is 10.4 Å². The Kier molecular flexibility index (Phi) is 4.95. The molecule has 0 aliphatic carbocycles. The SMILES string of the molecule is CCCn1cccc1C(=O)NCCN=[N+]=[N-]. The Morgan fingerprint density at radius 2 is 2.50 bits per heavy atom. The van der Waals surface area contributed by atoms with E-state index in [9.17, 15) is 4.79 Å². The number of nitrogens with zero attached hydrogens (tertiary/aromatic N) is 4. The Bertz CT molecular complexity index is 392. The van der Waals surface area contributed by atoms with Crippen molar-refractivity contribution in [3.8, 4) is 0 Å². The van der Waals surface area contributed by atoms with Crippen LogP contribution in [0, 0.1) is 0 Å². The highest BCUT2D eigenvalue weighted by atomic mass is 16.1. The van der Waals surface area contributed by atoms with Crippen molar-refractivity contribution in [2.45, 2.75) is 19.9 Å². The first-order valence-corrected chi connectivity index (χ1v) is 5.23. The minimum absolute atomic E-state index is 0.133. The molecule has 0 bridgehead atoms. The lowest BCUT2D eigenvalue weighted by molar-refractivity contribution is 0.0945. The van der Waals surface area contributed by atoms with Crippen molar-refractivity contribution in [3.05, 3.63) is 34.5 Å². The zero-order chi connectivity index (χ0) is 11.8. The first-order chi connectivity index (χ1) is 7.79. The fraction of sp³-hybridized carbons (Fsp3) is 0.500. The number of aromatic nitrogens is 1. The molecule has 0 aromatic carbocycles. The Hall–Kier alpha value is -1.94. The van der Waals surface area contributed by atoms with Crippen LogP contribution < -0.4 is 5.32 Å². The summed E-state index contributed by atoms with van der Waals surface area (Å²) in [6, 6.07) is 3.62. The van der Waals surface area contributed by atoms with Crippen molar-refractivity contribution in [1.82, 2.24) is 9.88 Å². The zero-order valence-electron chi connectivity index (χ0n) is 9.26. The van der Waals surface area contributed by atoms with Crippen LogP contribution in [0.15, 0.2) is 23.4 Å². The first kappa shape index (κ1) is 12.1. The van der Waals surface area contributed by atoms with E-state index in [1.165, 1.54) is 0 Å². The number of aryl methyl sites for hydroxylation is 1. The minimum atomic E-state index is -0.133. The highest BCUT2D eigenvalue weighted by Crippen LogP contribution is 2.03. The second kappa shape index (κ2) is 6.53. The summed E-state index contributed by atoms with van der Waals surface area (Å²) >= 11 is 0. The molecule has 1 rings (SSSR count). The average molecular weight is 221 g/mol. The summed E-state index contributed by atoms with van der Waals surface area (Å²) in [5.41, 5.74) is 8.71. The number of hydrogen-bond donors (Lipinski definition) is 1. The molecule has 1 amide bonds. The summed E-state index contributed by atoms with van der Waals surface area (Å²) in [7, 11) is 0. The van der Waals surface area contributed by atoms with Gasteiger partial charge in [0.25, 0.3) is 5.91 Å². The summed E-state index contributed by atoms with van der Waals surface area (Å²) in [5, 5.41) is 6.04. The van der Waals surface area contributed by atoms with E-state index in [4.69, 9.17) is 5.53 Å². The number of hydrogen-bond acceptors (Lipinski definition) is 2. The molecule has 0 unspecified atom stereocenters. The summed E-state index contributed by atoms with van der Waals surface area (Å²) in [6.07, 6.45) is 2.86. The van der Waals surface area contributed by atoms with E-state index in [2.05, 4.69) is 22.3 Å². The van der Waals surface area contributed by atoms with E-state index in [0.717, 1.165) is 13.0 Å². The molecule has 6 heteroatoms. The van der Waals surface area contributed by atoms with Gasteiger partial charge in [-0.15, -0.1) is 0 Å². The van der Waals surface area contributed by atoms with Crippen molar-refractivity contribution in [2.24, 2.45) is 5.11 Å². The molecule has 0 saturated carbocycles. The summed E-state index contributed by atoms with van der Waals surface area (Å²) in [6.45, 7) is 3.52. The molecular weight excluding hydrogens is 206 g/mol. The van der Waals surface area contributed by atoms with Crippen molar-refractivity contribution in [3.63, 3.8) is 0 Å². The molecule has 1 aromatic rings. The molecule has 86 valence electrons. The van der Waals surface area contributed by atoms with Gasteiger partial charge in [0.1, 0.15) is 5.69 Å². The lowest BCUT2D eigenvalue weighted by atomic mass is 10.3. The van der Waals surface area contributed by atoms with E-state index in [-0.39, 0.29) is 12.5 Å². The molecular formula is C10H15N5O. The Morgan fingerprint density at radius 3 is 3.19 bits per heavy atom. The van der Waals surface area contributed by atoms with Crippen LogP contribution in [-0.4, -0.2) is 23.6 Å². The van der Waals surface area contributed by atoms with Gasteiger partial charge in [0, 0.05) is 30.7 Å². The lowest BCUT2D eigenvalue weighted by Gasteiger charge is -2.07. The molecule has 0 spiro atoms. The number of nitrogens with one attached hydrogen (secondary N) is 1. The van der Waals surface area contributed by atoms with Crippen molar-refractivity contribution in [2.75, 3.05) is 13.1 Å². The number of azide groups is 1. The van der Waals surface area contributed by atoms with E-state index in [1.807, 2.05) is 16.8 Å². The van der Waals surface area contributed by atoms with Crippen LogP contribution in [0.2, 0.25) is 0 Å². The predicted molar refractivity (Wildman–Crippen MR) is 61.1 cm³/mol. The van der Waals surface area contributed by atoms with Crippen molar-refractivity contribution in [1.29, 1.82) is 0 Å². The van der Waals surface area contributed by atoms with Crippen molar-refractivity contribution < 1.29 is 4.79 Å². The largest absolute Gasteiger partial charge is 0.351 e. The average Bonchev–Trinajstić information content (AvgIpc) is 2.73. The van der Waals surface area contributed by atoms with Gasteiger partial charge in [0.05, 0.1) is 0 Å². The third-order valence-corrected chi connectivity index (χ3v) is 2.09. The Labute approximate surface area is 93.9 Å². The topological polar surface area (TPSA) is 82.8 Å². The highest BCUT2D eigenvalue weighted by molar-refractivity contribution is 5.92. The van der Waals surface area contributed by atoms with Crippen LogP contribution in [0.3, 0.4) is 0 Å². The summed E-state index contributed by atoms with van der Waals surface area (Å²) in [4.78, 5) is 14.3. The van der Waals surface area contributed by atoms with Gasteiger partial charge in [-0.25, -0.2) is 0 Å². The smallest absolute Gasteiger partial charge is 0.267 e. The normalized spacial score (nSPS) is 9.56. The second-order valence-electron chi connectivity index (χ2n) is 3.30. The maximum absolute atomic E-state index is 11.7. The first-order valence-electron chi connectivity index (χ1n) is 5.23. The predicted octanol–water partition coefficient (Wildman–Crippen LogP) is 1.94. The quantitative estimate of drug-likeness (QED) is 0.338. The number of carbonyl (C=O) groups is 1.